The first-order valence-corrected chi connectivity index (χ1v) is 7.00. The number of hydrogen-bond acceptors (Lipinski definition) is 3. The van der Waals surface area contributed by atoms with E-state index < -0.39 is 0 Å². The summed E-state index contributed by atoms with van der Waals surface area (Å²) in [4.78, 5) is 2.36. The maximum Gasteiger partial charge on any atom is 0.0846 e. The van der Waals surface area contributed by atoms with Crippen molar-refractivity contribution in [3.63, 3.8) is 0 Å². The fourth-order valence-electron chi connectivity index (χ4n) is 2.84. The largest absolute Gasteiger partial charge is 0.396 e. The minimum atomic E-state index is -0.319. The molecule has 1 heterocycles. The maximum absolute atomic E-state index is 9.60. The van der Waals surface area contributed by atoms with Gasteiger partial charge in [0.15, 0.2) is 0 Å². The number of nitrogens with zero attached hydrogens (tertiary/aromatic N) is 2. The van der Waals surface area contributed by atoms with Crippen molar-refractivity contribution < 1.29 is 5.11 Å². The fraction of sp³-hybridized carbons (Fsp3) is 0.562. The van der Waals surface area contributed by atoms with Gasteiger partial charge in [-0.15, -0.1) is 0 Å². The van der Waals surface area contributed by atoms with Crippen LogP contribution in [0.2, 0.25) is 0 Å². The van der Waals surface area contributed by atoms with E-state index in [-0.39, 0.29) is 12.0 Å². The fourth-order valence-corrected chi connectivity index (χ4v) is 2.84. The summed E-state index contributed by atoms with van der Waals surface area (Å²) < 4.78 is 0. The molecule has 1 fully saturated rings. The standard InChI is InChI=1S/C16H22N2O/c1-14(12-19)11-18-9-7-16(13-17,8-10-18)15-5-3-2-4-6-15/h2-6,14,19H,7-12H2,1H3/t14-/m0/s1. The lowest BCUT2D eigenvalue weighted by Gasteiger charge is -2.38. The molecule has 0 radical (unpaired) electrons. The van der Waals surface area contributed by atoms with Crippen LogP contribution in [-0.2, 0) is 5.41 Å². The molecular formula is C16H22N2O. The second-order valence-corrected chi connectivity index (χ2v) is 5.65. The Morgan fingerprint density at radius 2 is 1.95 bits per heavy atom. The molecule has 1 aliphatic rings. The van der Waals surface area contributed by atoms with Crippen LogP contribution in [0, 0.1) is 17.2 Å². The molecule has 0 aliphatic carbocycles. The second-order valence-electron chi connectivity index (χ2n) is 5.65. The number of benzene rings is 1. The average molecular weight is 258 g/mol. The first-order chi connectivity index (χ1) is 9.20. The third kappa shape index (κ3) is 3.15. The molecule has 1 aromatic carbocycles. The SMILES string of the molecule is C[C@H](CO)CN1CCC(C#N)(c2ccccc2)CC1. The zero-order valence-corrected chi connectivity index (χ0v) is 11.5. The van der Waals surface area contributed by atoms with E-state index in [1.165, 1.54) is 0 Å². The van der Waals surface area contributed by atoms with Gasteiger partial charge in [-0.2, -0.15) is 5.26 Å². The molecule has 0 bridgehead atoms. The summed E-state index contributed by atoms with van der Waals surface area (Å²) in [6.45, 7) is 5.09. The third-order valence-electron chi connectivity index (χ3n) is 4.13. The van der Waals surface area contributed by atoms with Crippen molar-refractivity contribution >= 4 is 0 Å². The van der Waals surface area contributed by atoms with E-state index in [1.807, 2.05) is 18.2 Å². The lowest BCUT2D eigenvalue weighted by molar-refractivity contribution is 0.136. The van der Waals surface area contributed by atoms with Crippen LogP contribution in [-0.4, -0.2) is 36.2 Å². The zero-order valence-electron chi connectivity index (χ0n) is 11.5. The average Bonchev–Trinajstić information content (AvgIpc) is 2.49. The Morgan fingerprint density at radius 1 is 1.32 bits per heavy atom. The van der Waals surface area contributed by atoms with Crippen molar-refractivity contribution in [3.8, 4) is 6.07 Å². The molecular weight excluding hydrogens is 236 g/mol. The number of likely N-dealkylation sites (tertiary alicyclic amines) is 1. The smallest absolute Gasteiger partial charge is 0.0846 e. The quantitative estimate of drug-likeness (QED) is 0.900. The van der Waals surface area contributed by atoms with Gasteiger partial charge < -0.3 is 10.0 Å². The molecule has 19 heavy (non-hydrogen) atoms. The lowest BCUT2D eigenvalue weighted by Crippen LogP contribution is -2.43. The molecule has 2 rings (SSSR count). The highest BCUT2D eigenvalue weighted by Crippen LogP contribution is 2.34. The summed E-state index contributed by atoms with van der Waals surface area (Å²) in [6, 6.07) is 12.7. The van der Waals surface area contributed by atoms with E-state index in [1.54, 1.807) is 0 Å². The number of piperidine rings is 1. The summed E-state index contributed by atoms with van der Waals surface area (Å²) in [5, 5.41) is 18.7. The van der Waals surface area contributed by atoms with Crippen LogP contribution in [0.3, 0.4) is 0 Å². The Kier molecular flexibility index (Phi) is 4.57. The van der Waals surface area contributed by atoms with Crippen LogP contribution in [0.5, 0.6) is 0 Å². The Balaban J connectivity index is 2.03. The van der Waals surface area contributed by atoms with Crippen molar-refractivity contribution in [2.75, 3.05) is 26.2 Å². The van der Waals surface area contributed by atoms with Crippen LogP contribution in [0.4, 0.5) is 0 Å². The van der Waals surface area contributed by atoms with Crippen molar-refractivity contribution in [1.82, 2.24) is 4.90 Å². The van der Waals surface area contributed by atoms with Crippen LogP contribution < -0.4 is 0 Å². The molecule has 0 amide bonds. The number of hydrogen-bond donors (Lipinski definition) is 1. The maximum atomic E-state index is 9.60. The highest BCUT2D eigenvalue weighted by molar-refractivity contribution is 5.33. The third-order valence-corrected chi connectivity index (χ3v) is 4.13. The Morgan fingerprint density at radius 3 is 2.47 bits per heavy atom. The summed E-state index contributed by atoms with van der Waals surface area (Å²) in [5.74, 6) is 0.311. The molecule has 0 saturated carbocycles. The summed E-state index contributed by atoms with van der Waals surface area (Å²) >= 11 is 0. The van der Waals surface area contributed by atoms with Crippen molar-refractivity contribution in [3.05, 3.63) is 35.9 Å². The van der Waals surface area contributed by atoms with Gasteiger partial charge in [0.05, 0.1) is 11.5 Å². The molecule has 0 aromatic heterocycles. The van der Waals surface area contributed by atoms with Gasteiger partial charge in [-0.1, -0.05) is 37.3 Å². The van der Waals surface area contributed by atoms with E-state index in [9.17, 15) is 5.26 Å². The van der Waals surface area contributed by atoms with Gasteiger partial charge in [0.2, 0.25) is 0 Å². The second kappa shape index (κ2) is 6.18. The van der Waals surface area contributed by atoms with Gasteiger partial charge in [-0.3, -0.25) is 0 Å². The minimum absolute atomic E-state index is 0.235. The summed E-state index contributed by atoms with van der Waals surface area (Å²) in [6.07, 6.45) is 1.76. The summed E-state index contributed by atoms with van der Waals surface area (Å²) in [5.41, 5.74) is 0.826. The minimum Gasteiger partial charge on any atom is -0.396 e. The first kappa shape index (κ1) is 14.0. The first-order valence-electron chi connectivity index (χ1n) is 7.00. The molecule has 0 spiro atoms. The van der Waals surface area contributed by atoms with Crippen LogP contribution in [0.15, 0.2) is 30.3 Å². The van der Waals surface area contributed by atoms with Gasteiger partial charge in [0.1, 0.15) is 0 Å². The highest BCUT2D eigenvalue weighted by Gasteiger charge is 2.36. The molecule has 3 nitrogen and oxygen atoms in total. The normalized spacial score (nSPS) is 20.7. The van der Waals surface area contributed by atoms with Gasteiger partial charge in [0, 0.05) is 13.2 Å². The molecule has 3 heteroatoms. The number of aliphatic hydroxyl groups excluding tert-OH is 1. The Bertz CT molecular complexity index is 430. The molecule has 0 unspecified atom stereocenters. The number of rotatable bonds is 4. The van der Waals surface area contributed by atoms with Crippen LogP contribution in [0.25, 0.3) is 0 Å². The Hall–Kier alpha value is -1.37. The van der Waals surface area contributed by atoms with Gasteiger partial charge in [-0.05, 0) is 37.4 Å². The Labute approximate surface area is 115 Å². The number of aliphatic hydroxyl groups is 1. The topological polar surface area (TPSA) is 47.3 Å². The predicted octanol–water partition coefficient (Wildman–Crippen LogP) is 2.17. The summed E-state index contributed by atoms with van der Waals surface area (Å²) in [7, 11) is 0. The van der Waals surface area contributed by atoms with Crippen molar-refractivity contribution in [1.29, 1.82) is 5.26 Å². The molecule has 1 aromatic rings. The van der Waals surface area contributed by atoms with E-state index in [0.29, 0.717) is 5.92 Å². The lowest BCUT2D eigenvalue weighted by atomic mass is 9.74. The van der Waals surface area contributed by atoms with E-state index in [0.717, 1.165) is 38.0 Å². The monoisotopic (exact) mass is 258 g/mol. The van der Waals surface area contributed by atoms with Crippen molar-refractivity contribution in [2.45, 2.75) is 25.2 Å². The molecule has 1 N–H and O–H groups in total. The van der Waals surface area contributed by atoms with Gasteiger partial charge in [0.25, 0.3) is 0 Å². The zero-order chi connectivity index (χ0) is 13.7. The van der Waals surface area contributed by atoms with Crippen LogP contribution in [0.1, 0.15) is 25.3 Å². The molecule has 1 aliphatic heterocycles. The molecule has 1 saturated heterocycles. The predicted molar refractivity (Wildman–Crippen MR) is 75.7 cm³/mol. The number of nitriles is 1. The van der Waals surface area contributed by atoms with Gasteiger partial charge in [-0.25, -0.2) is 0 Å². The molecule has 1 atom stereocenters. The van der Waals surface area contributed by atoms with E-state index in [4.69, 9.17) is 5.11 Å². The van der Waals surface area contributed by atoms with E-state index in [2.05, 4.69) is 30.0 Å². The van der Waals surface area contributed by atoms with E-state index >= 15 is 0 Å². The highest BCUT2D eigenvalue weighted by atomic mass is 16.3. The van der Waals surface area contributed by atoms with Crippen LogP contribution >= 0.6 is 0 Å². The van der Waals surface area contributed by atoms with Crippen molar-refractivity contribution in [2.24, 2.45) is 5.92 Å². The molecule has 102 valence electrons. The van der Waals surface area contributed by atoms with Gasteiger partial charge >= 0.3 is 0 Å².